The summed E-state index contributed by atoms with van der Waals surface area (Å²) in [5.41, 5.74) is 4.92. The number of hydrogen-bond acceptors (Lipinski definition) is 5. The number of amides is 1. The molecule has 0 radical (unpaired) electrons. The fourth-order valence-electron chi connectivity index (χ4n) is 3.99. The van der Waals surface area contributed by atoms with Crippen LogP contribution in [-0.4, -0.2) is 48.5 Å². The fourth-order valence-corrected chi connectivity index (χ4v) is 3.99. The summed E-state index contributed by atoms with van der Waals surface area (Å²) in [6.07, 6.45) is 1.64. The van der Waals surface area contributed by atoms with Gasteiger partial charge in [-0.25, -0.2) is 4.98 Å². The van der Waals surface area contributed by atoms with Crippen molar-refractivity contribution < 1.29 is 4.79 Å². The van der Waals surface area contributed by atoms with E-state index < -0.39 is 0 Å². The van der Waals surface area contributed by atoms with Crippen LogP contribution in [0.4, 0.5) is 11.5 Å². The molecule has 6 nitrogen and oxygen atoms in total. The van der Waals surface area contributed by atoms with Crippen molar-refractivity contribution in [2.24, 2.45) is 0 Å². The highest BCUT2D eigenvalue weighted by atomic mass is 16.1. The van der Waals surface area contributed by atoms with E-state index in [1.807, 2.05) is 61.5 Å². The molecule has 2 aromatic carbocycles. The van der Waals surface area contributed by atoms with Crippen LogP contribution >= 0.6 is 0 Å². The molecule has 0 spiro atoms. The first-order valence-electron chi connectivity index (χ1n) is 10.8. The van der Waals surface area contributed by atoms with Crippen LogP contribution in [0, 0.1) is 18.3 Å². The molecule has 1 amide bonds. The third kappa shape index (κ3) is 4.63. The van der Waals surface area contributed by atoms with Crippen molar-refractivity contribution >= 4 is 17.4 Å². The summed E-state index contributed by atoms with van der Waals surface area (Å²) in [7, 11) is 2.14. The summed E-state index contributed by atoms with van der Waals surface area (Å²) in [6.45, 7) is 7.05. The summed E-state index contributed by atoms with van der Waals surface area (Å²) >= 11 is 0. The normalized spacial score (nSPS) is 16.4. The predicted molar refractivity (Wildman–Crippen MR) is 128 cm³/mol. The van der Waals surface area contributed by atoms with Gasteiger partial charge in [-0.05, 0) is 74.0 Å². The zero-order valence-corrected chi connectivity index (χ0v) is 18.7. The van der Waals surface area contributed by atoms with E-state index in [1.165, 1.54) is 0 Å². The van der Waals surface area contributed by atoms with Gasteiger partial charge in [0, 0.05) is 37.6 Å². The zero-order valence-electron chi connectivity index (χ0n) is 18.7. The summed E-state index contributed by atoms with van der Waals surface area (Å²) in [5, 5.41) is 12.1. The second-order valence-electron chi connectivity index (χ2n) is 8.36. The van der Waals surface area contributed by atoms with Crippen LogP contribution in [0.3, 0.4) is 0 Å². The lowest BCUT2D eigenvalue weighted by atomic mass is 9.98. The van der Waals surface area contributed by atoms with Gasteiger partial charge in [-0.3, -0.25) is 4.79 Å². The molecule has 1 unspecified atom stereocenters. The maximum absolute atomic E-state index is 12.8. The number of nitriles is 1. The van der Waals surface area contributed by atoms with Gasteiger partial charge in [-0.1, -0.05) is 18.2 Å². The molecule has 1 aliphatic heterocycles. The van der Waals surface area contributed by atoms with E-state index in [-0.39, 0.29) is 5.91 Å². The highest BCUT2D eigenvalue weighted by molar-refractivity contribution is 6.04. The average Bonchev–Trinajstić information content (AvgIpc) is 2.81. The highest BCUT2D eigenvalue weighted by Gasteiger charge is 2.21. The molecular formula is C26H27N5O. The average molecular weight is 426 g/mol. The third-order valence-corrected chi connectivity index (χ3v) is 6.08. The molecule has 32 heavy (non-hydrogen) atoms. The standard InChI is InChI=1S/C26H27N5O/c1-18-13-20(15-27)7-9-24(18)21-5-4-6-23(14-21)29-26(32)22-8-10-25(28-16-22)31-12-11-30(3)19(2)17-31/h4-10,13-14,16,19H,11-12,17H2,1-3H3,(H,29,32). The van der Waals surface area contributed by atoms with E-state index in [9.17, 15) is 4.79 Å². The topological polar surface area (TPSA) is 72.3 Å². The number of carbonyl (C=O) groups excluding carboxylic acids is 1. The number of benzene rings is 2. The van der Waals surface area contributed by atoms with Crippen molar-refractivity contribution in [3.8, 4) is 17.2 Å². The predicted octanol–water partition coefficient (Wildman–Crippen LogP) is 4.32. The minimum atomic E-state index is -0.190. The molecule has 4 rings (SSSR count). The van der Waals surface area contributed by atoms with E-state index in [2.05, 4.69) is 40.1 Å². The number of pyridine rings is 1. The van der Waals surface area contributed by atoms with Gasteiger partial charge < -0.3 is 15.1 Å². The highest BCUT2D eigenvalue weighted by Crippen LogP contribution is 2.27. The Morgan fingerprint density at radius 1 is 1.16 bits per heavy atom. The van der Waals surface area contributed by atoms with E-state index in [0.717, 1.165) is 42.1 Å². The Kier molecular flexibility index (Phi) is 6.20. The molecule has 1 saturated heterocycles. The summed E-state index contributed by atoms with van der Waals surface area (Å²) in [6, 6.07) is 19.7. The van der Waals surface area contributed by atoms with E-state index in [1.54, 1.807) is 6.20 Å². The Bertz CT molecular complexity index is 1170. The van der Waals surface area contributed by atoms with Crippen molar-refractivity contribution in [2.45, 2.75) is 19.9 Å². The minimum absolute atomic E-state index is 0.190. The number of nitrogens with zero attached hydrogens (tertiary/aromatic N) is 4. The summed E-state index contributed by atoms with van der Waals surface area (Å²) < 4.78 is 0. The Morgan fingerprint density at radius 3 is 2.69 bits per heavy atom. The summed E-state index contributed by atoms with van der Waals surface area (Å²) in [4.78, 5) is 21.9. The monoisotopic (exact) mass is 425 g/mol. The second-order valence-corrected chi connectivity index (χ2v) is 8.36. The number of aromatic nitrogens is 1. The molecular weight excluding hydrogens is 398 g/mol. The molecule has 6 heteroatoms. The van der Waals surface area contributed by atoms with Gasteiger partial charge in [-0.2, -0.15) is 5.26 Å². The molecule has 1 aromatic heterocycles. The Labute approximate surface area is 189 Å². The Morgan fingerprint density at radius 2 is 2.00 bits per heavy atom. The van der Waals surface area contributed by atoms with Crippen LogP contribution < -0.4 is 10.2 Å². The van der Waals surface area contributed by atoms with Crippen LogP contribution in [0.15, 0.2) is 60.8 Å². The maximum Gasteiger partial charge on any atom is 0.257 e. The Balaban J connectivity index is 1.46. The molecule has 3 aromatic rings. The van der Waals surface area contributed by atoms with Gasteiger partial charge in [0.1, 0.15) is 5.82 Å². The SMILES string of the molecule is Cc1cc(C#N)ccc1-c1cccc(NC(=O)c2ccc(N3CCN(C)C(C)C3)nc2)c1. The van der Waals surface area contributed by atoms with Gasteiger partial charge >= 0.3 is 0 Å². The van der Waals surface area contributed by atoms with Crippen LogP contribution in [0.25, 0.3) is 11.1 Å². The van der Waals surface area contributed by atoms with Gasteiger partial charge in [0.15, 0.2) is 0 Å². The number of carbonyl (C=O) groups is 1. The fraction of sp³-hybridized carbons (Fsp3) is 0.269. The van der Waals surface area contributed by atoms with Crippen molar-refractivity contribution in [1.82, 2.24) is 9.88 Å². The zero-order chi connectivity index (χ0) is 22.7. The molecule has 2 heterocycles. The van der Waals surface area contributed by atoms with Crippen molar-refractivity contribution in [3.05, 3.63) is 77.5 Å². The van der Waals surface area contributed by atoms with Gasteiger partial charge in [-0.15, -0.1) is 0 Å². The largest absolute Gasteiger partial charge is 0.354 e. The number of likely N-dealkylation sites (N-methyl/N-ethyl adjacent to an activating group) is 1. The Hall–Kier alpha value is -3.69. The van der Waals surface area contributed by atoms with Crippen molar-refractivity contribution in [3.63, 3.8) is 0 Å². The lowest BCUT2D eigenvalue weighted by Gasteiger charge is -2.38. The molecule has 0 bridgehead atoms. The van der Waals surface area contributed by atoms with E-state index in [0.29, 0.717) is 22.9 Å². The van der Waals surface area contributed by atoms with Gasteiger partial charge in [0.05, 0.1) is 17.2 Å². The molecule has 1 aliphatic rings. The quantitative estimate of drug-likeness (QED) is 0.674. The van der Waals surface area contributed by atoms with E-state index >= 15 is 0 Å². The molecule has 0 saturated carbocycles. The van der Waals surface area contributed by atoms with Crippen LogP contribution in [-0.2, 0) is 0 Å². The lowest BCUT2D eigenvalue weighted by Crippen LogP contribution is -2.50. The molecule has 1 N–H and O–H groups in total. The van der Waals surface area contributed by atoms with Crippen molar-refractivity contribution in [2.75, 3.05) is 36.9 Å². The number of anilines is 2. The van der Waals surface area contributed by atoms with E-state index in [4.69, 9.17) is 5.26 Å². The summed E-state index contributed by atoms with van der Waals surface area (Å²) in [5.74, 6) is 0.712. The first-order chi connectivity index (χ1) is 15.4. The number of piperazine rings is 1. The number of hydrogen-bond donors (Lipinski definition) is 1. The second kappa shape index (κ2) is 9.21. The van der Waals surface area contributed by atoms with Crippen molar-refractivity contribution in [1.29, 1.82) is 5.26 Å². The number of rotatable bonds is 4. The van der Waals surface area contributed by atoms with Gasteiger partial charge in [0.25, 0.3) is 5.91 Å². The van der Waals surface area contributed by atoms with Gasteiger partial charge in [0.2, 0.25) is 0 Å². The van der Waals surface area contributed by atoms with Crippen LogP contribution in [0.1, 0.15) is 28.4 Å². The molecule has 162 valence electrons. The minimum Gasteiger partial charge on any atom is -0.354 e. The van der Waals surface area contributed by atoms with Crippen LogP contribution in [0.5, 0.6) is 0 Å². The smallest absolute Gasteiger partial charge is 0.257 e. The third-order valence-electron chi connectivity index (χ3n) is 6.08. The number of nitrogens with one attached hydrogen (secondary N) is 1. The van der Waals surface area contributed by atoms with Crippen LogP contribution in [0.2, 0.25) is 0 Å². The first-order valence-corrected chi connectivity index (χ1v) is 10.8. The molecule has 1 fully saturated rings. The molecule has 0 aliphatic carbocycles. The maximum atomic E-state index is 12.8. The number of aryl methyl sites for hydroxylation is 1. The molecule has 1 atom stereocenters. The first kappa shape index (κ1) is 21.5. The lowest BCUT2D eigenvalue weighted by molar-refractivity contribution is 0.102.